The zero-order chi connectivity index (χ0) is 12.7. The van der Waals surface area contributed by atoms with Crippen LogP contribution in [-0.2, 0) is 0 Å². The lowest BCUT2D eigenvalue weighted by molar-refractivity contribution is 0.249. The minimum Gasteiger partial charge on any atom is -0.489 e. The average molecular weight is 308 g/mol. The fourth-order valence-corrected chi connectivity index (χ4v) is 2.59. The van der Waals surface area contributed by atoms with Crippen molar-refractivity contribution in [2.45, 2.75) is 13.0 Å². The number of hydrogen-bond donors (Lipinski definition) is 0. The molecule has 0 saturated carbocycles. The summed E-state index contributed by atoms with van der Waals surface area (Å²) >= 11 is 3.46. The molecule has 1 atom stereocenters. The third-order valence-corrected chi connectivity index (χ3v) is 3.75. The summed E-state index contributed by atoms with van der Waals surface area (Å²) in [5, 5.41) is 0. The smallest absolute Gasteiger partial charge is 0.143 e. The van der Waals surface area contributed by atoms with Gasteiger partial charge in [0.05, 0.1) is 5.69 Å². The highest BCUT2D eigenvalue weighted by Crippen LogP contribution is 2.39. The van der Waals surface area contributed by atoms with Crippen LogP contribution in [0.15, 0.2) is 39.2 Å². The second kappa shape index (κ2) is 4.35. The number of aryl methyl sites for hydroxylation is 1. The molecule has 3 rings (SSSR count). The monoisotopic (exact) mass is 307 g/mol. The number of rotatable bonds is 1. The molecule has 18 heavy (non-hydrogen) atoms. The molecule has 1 unspecified atom stereocenters. The van der Waals surface area contributed by atoms with Crippen LogP contribution in [0.4, 0.5) is 5.69 Å². The van der Waals surface area contributed by atoms with Crippen LogP contribution in [0, 0.1) is 6.92 Å². The van der Waals surface area contributed by atoms with Gasteiger partial charge in [0.2, 0.25) is 0 Å². The fraction of sp³-hybridized carbons (Fsp3) is 0.286. The van der Waals surface area contributed by atoms with Crippen molar-refractivity contribution < 1.29 is 9.15 Å². The van der Waals surface area contributed by atoms with Crippen LogP contribution in [0.25, 0.3) is 0 Å². The van der Waals surface area contributed by atoms with Crippen LogP contribution in [0.5, 0.6) is 5.75 Å². The Kier molecular flexibility index (Phi) is 2.82. The number of benzene rings is 1. The van der Waals surface area contributed by atoms with Crippen molar-refractivity contribution in [3.63, 3.8) is 0 Å². The van der Waals surface area contributed by atoms with E-state index in [1.54, 1.807) is 0 Å². The molecule has 94 valence electrons. The Morgan fingerprint density at radius 1 is 1.28 bits per heavy atom. The molecule has 1 aromatic carbocycles. The van der Waals surface area contributed by atoms with Gasteiger partial charge in [0.25, 0.3) is 0 Å². The largest absolute Gasteiger partial charge is 0.489 e. The van der Waals surface area contributed by atoms with Crippen LogP contribution in [0.3, 0.4) is 0 Å². The Morgan fingerprint density at radius 3 is 2.83 bits per heavy atom. The lowest BCUT2D eigenvalue weighted by Gasteiger charge is -2.34. The maximum Gasteiger partial charge on any atom is 0.143 e. The minimum absolute atomic E-state index is 0.132. The summed E-state index contributed by atoms with van der Waals surface area (Å²) in [5.74, 6) is 2.79. The van der Waals surface area contributed by atoms with Crippen molar-refractivity contribution >= 4 is 21.6 Å². The van der Waals surface area contributed by atoms with E-state index in [-0.39, 0.29) is 6.04 Å². The highest BCUT2D eigenvalue weighted by atomic mass is 79.9. The molecule has 0 amide bonds. The Hall–Kier alpha value is -1.42. The maximum absolute atomic E-state index is 5.82. The number of furan rings is 1. The number of nitrogens with zero attached hydrogens (tertiary/aromatic N) is 1. The fourth-order valence-electron chi connectivity index (χ4n) is 2.25. The van der Waals surface area contributed by atoms with E-state index in [9.17, 15) is 0 Å². The number of likely N-dealkylation sites (N-methyl/N-ethyl adjacent to an activating group) is 1. The molecule has 1 aliphatic rings. The van der Waals surface area contributed by atoms with Crippen LogP contribution < -0.4 is 9.64 Å². The Labute approximate surface area is 114 Å². The summed E-state index contributed by atoms with van der Waals surface area (Å²) in [6, 6.07) is 10.2. The summed E-state index contributed by atoms with van der Waals surface area (Å²) < 4.78 is 12.6. The van der Waals surface area contributed by atoms with E-state index < -0.39 is 0 Å². The van der Waals surface area contributed by atoms with E-state index in [4.69, 9.17) is 9.15 Å². The second-order valence-electron chi connectivity index (χ2n) is 4.50. The Morgan fingerprint density at radius 2 is 2.11 bits per heavy atom. The van der Waals surface area contributed by atoms with Gasteiger partial charge in [-0.05, 0) is 37.3 Å². The first-order chi connectivity index (χ1) is 8.65. The van der Waals surface area contributed by atoms with E-state index >= 15 is 0 Å². The predicted octanol–water partition coefficient (Wildman–Crippen LogP) is 3.92. The Bertz CT molecular complexity index is 579. The molecule has 2 aromatic rings. The van der Waals surface area contributed by atoms with Crippen molar-refractivity contribution in [2.24, 2.45) is 0 Å². The van der Waals surface area contributed by atoms with E-state index in [1.807, 2.05) is 31.2 Å². The topological polar surface area (TPSA) is 25.6 Å². The maximum atomic E-state index is 5.82. The highest BCUT2D eigenvalue weighted by Gasteiger charge is 2.28. The van der Waals surface area contributed by atoms with Gasteiger partial charge in [-0.25, -0.2) is 0 Å². The molecule has 0 bridgehead atoms. The molecule has 2 heterocycles. The van der Waals surface area contributed by atoms with Gasteiger partial charge in [-0.3, -0.25) is 0 Å². The molecule has 4 heteroatoms. The number of fused-ring (bicyclic) bond motifs is 1. The molecular weight excluding hydrogens is 294 g/mol. The summed E-state index contributed by atoms with van der Waals surface area (Å²) in [4.78, 5) is 2.20. The van der Waals surface area contributed by atoms with Crippen molar-refractivity contribution in [2.75, 3.05) is 18.6 Å². The van der Waals surface area contributed by atoms with Gasteiger partial charge >= 0.3 is 0 Å². The van der Waals surface area contributed by atoms with Gasteiger partial charge in [-0.15, -0.1) is 0 Å². The lowest BCUT2D eigenvalue weighted by Crippen LogP contribution is -2.33. The van der Waals surface area contributed by atoms with E-state index in [1.165, 1.54) is 0 Å². The molecule has 1 aromatic heterocycles. The van der Waals surface area contributed by atoms with Gasteiger partial charge in [0.15, 0.2) is 0 Å². The number of anilines is 1. The van der Waals surface area contributed by atoms with Gasteiger partial charge in [-0.2, -0.15) is 0 Å². The number of ether oxygens (including phenoxy) is 1. The van der Waals surface area contributed by atoms with Crippen LogP contribution in [-0.4, -0.2) is 13.7 Å². The summed E-state index contributed by atoms with van der Waals surface area (Å²) in [7, 11) is 2.07. The highest BCUT2D eigenvalue weighted by molar-refractivity contribution is 9.10. The zero-order valence-corrected chi connectivity index (χ0v) is 11.9. The average Bonchev–Trinajstić information content (AvgIpc) is 2.76. The van der Waals surface area contributed by atoms with Gasteiger partial charge in [0.1, 0.15) is 29.9 Å². The quantitative estimate of drug-likeness (QED) is 0.798. The van der Waals surface area contributed by atoms with Crippen LogP contribution in [0.1, 0.15) is 17.6 Å². The van der Waals surface area contributed by atoms with Crippen molar-refractivity contribution in [1.29, 1.82) is 0 Å². The van der Waals surface area contributed by atoms with Crippen LogP contribution in [0.2, 0.25) is 0 Å². The first kappa shape index (κ1) is 11.7. The molecule has 0 saturated heterocycles. The molecule has 0 aliphatic carbocycles. The number of hydrogen-bond acceptors (Lipinski definition) is 3. The van der Waals surface area contributed by atoms with E-state index in [0.717, 1.165) is 27.4 Å². The van der Waals surface area contributed by atoms with E-state index in [2.05, 4.69) is 33.9 Å². The number of halogens is 1. The zero-order valence-electron chi connectivity index (χ0n) is 10.3. The van der Waals surface area contributed by atoms with E-state index in [0.29, 0.717) is 6.61 Å². The lowest BCUT2D eigenvalue weighted by atomic mass is 10.1. The van der Waals surface area contributed by atoms with Gasteiger partial charge < -0.3 is 14.1 Å². The van der Waals surface area contributed by atoms with Crippen molar-refractivity contribution in [3.8, 4) is 5.75 Å². The summed E-state index contributed by atoms with van der Waals surface area (Å²) in [6.07, 6.45) is 0. The standard InChI is InChI=1S/C14H14BrNO2/c1-9-3-6-13(18-9)12-8-17-14-7-10(15)4-5-11(14)16(12)2/h3-7,12H,8H2,1-2H3. The van der Waals surface area contributed by atoms with Gasteiger partial charge in [0, 0.05) is 11.5 Å². The molecule has 1 aliphatic heterocycles. The molecule has 0 radical (unpaired) electrons. The third kappa shape index (κ3) is 1.90. The normalized spacial score (nSPS) is 18.4. The second-order valence-corrected chi connectivity index (χ2v) is 5.41. The third-order valence-electron chi connectivity index (χ3n) is 3.26. The van der Waals surface area contributed by atoms with Gasteiger partial charge in [-0.1, -0.05) is 15.9 Å². The minimum atomic E-state index is 0.132. The first-order valence-electron chi connectivity index (χ1n) is 5.86. The summed E-state index contributed by atoms with van der Waals surface area (Å²) in [5.41, 5.74) is 1.09. The molecule has 0 fully saturated rings. The predicted molar refractivity (Wildman–Crippen MR) is 74.2 cm³/mol. The van der Waals surface area contributed by atoms with Crippen molar-refractivity contribution in [1.82, 2.24) is 0 Å². The first-order valence-corrected chi connectivity index (χ1v) is 6.66. The molecule has 3 nitrogen and oxygen atoms in total. The molecule has 0 spiro atoms. The Balaban J connectivity index is 1.96. The molecular formula is C14H14BrNO2. The SMILES string of the molecule is Cc1ccc(C2COc3cc(Br)ccc3N2C)o1. The van der Waals surface area contributed by atoms with Crippen molar-refractivity contribution in [3.05, 3.63) is 46.3 Å². The van der Waals surface area contributed by atoms with Crippen LogP contribution >= 0.6 is 15.9 Å². The summed E-state index contributed by atoms with van der Waals surface area (Å²) in [6.45, 7) is 2.56. The molecule has 0 N–H and O–H groups in total.